The summed E-state index contributed by atoms with van der Waals surface area (Å²) in [5, 5.41) is 12.4. The number of aromatic nitrogens is 1. The van der Waals surface area contributed by atoms with Crippen LogP contribution in [0.3, 0.4) is 0 Å². The third kappa shape index (κ3) is 3.80. The lowest BCUT2D eigenvalue weighted by Gasteiger charge is -2.23. The van der Waals surface area contributed by atoms with Gasteiger partial charge in [-0.1, -0.05) is 13.8 Å². The summed E-state index contributed by atoms with van der Waals surface area (Å²) in [4.78, 5) is 4.29. The molecule has 84 valence electrons. The van der Waals surface area contributed by atoms with Crippen molar-refractivity contribution in [3.05, 3.63) is 22.4 Å². The number of aliphatic hydroxyl groups is 1. The molecule has 0 atom stereocenters. The fraction of sp³-hybridized carbons (Fsp3) is 0.545. The van der Waals surface area contributed by atoms with E-state index in [0.717, 1.165) is 22.5 Å². The number of anilines is 1. The summed E-state index contributed by atoms with van der Waals surface area (Å²) < 4.78 is 0.840. The number of nitrogens with one attached hydrogen (secondary N) is 1. The predicted molar refractivity (Wildman–Crippen MR) is 66.0 cm³/mol. The second kappa shape index (κ2) is 4.94. The monoisotopic (exact) mass is 272 g/mol. The van der Waals surface area contributed by atoms with Crippen molar-refractivity contribution >= 4 is 21.6 Å². The molecular formula is C11H17BrN2O. The largest absolute Gasteiger partial charge is 0.396 e. The van der Waals surface area contributed by atoms with Crippen molar-refractivity contribution in [3.8, 4) is 0 Å². The van der Waals surface area contributed by atoms with Crippen LogP contribution in [0.15, 0.2) is 16.7 Å². The molecule has 0 saturated carbocycles. The summed E-state index contributed by atoms with van der Waals surface area (Å²) >= 11 is 3.32. The van der Waals surface area contributed by atoms with E-state index in [4.69, 9.17) is 5.11 Å². The molecule has 0 spiro atoms. The zero-order valence-electron chi connectivity index (χ0n) is 9.34. The van der Waals surface area contributed by atoms with Crippen molar-refractivity contribution in [1.29, 1.82) is 0 Å². The quantitative estimate of drug-likeness (QED) is 0.829. The van der Waals surface area contributed by atoms with Gasteiger partial charge in [0.2, 0.25) is 0 Å². The van der Waals surface area contributed by atoms with Gasteiger partial charge in [0.25, 0.3) is 0 Å². The first-order valence-electron chi connectivity index (χ1n) is 4.92. The molecule has 0 aromatic carbocycles. The first-order valence-corrected chi connectivity index (χ1v) is 5.72. The van der Waals surface area contributed by atoms with Crippen LogP contribution in [0.2, 0.25) is 0 Å². The maximum atomic E-state index is 9.12. The van der Waals surface area contributed by atoms with Crippen molar-refractivity contribution in [1.82, 2.24) is 4.98 Å². The van der Waals surface area contributed by atoms with Gasteiger partial charge in [0.05, 0.1) is 11.4 Å². The Bertz CT molecular complexity index is 339. The van der Waals surface area contributed by atoms with Gasteiger partial charge in [-0.2, -0.15) is 0 Å². The molecule has 1 aromatic heterocycles. The zero-order chi connectivity index (χ0) is 11.5. The normalized spacial score (nSPS) is 11.5. The van der Waals surface area contributed by atoms with E-state index in [-0.39, 0.29) is 12.0 Å². The van der Waals surface area contributed by atoms with Crippen LogP contribution in [0.5, 0.6) is 0 Å². The molecule has 15 heavy (non-hydrogen) atoms. The van der Waals surface area contributed by atoms with Crippen LogP contribution in [-0.2, 0) is 0 Å². The van der Waals surface area contributed by atoms with Gasteiger partial charge in [-0.25, -0.2) is 4.98 Å². The lowest BCUT2D eigenvalue weighted by molar-refractivity contribution is 0.171. The molecule has 1 rings (SSSR count). The molecule has 0 amide bonds. The molecule has 2 N–H and O–H groups in total. The first-order chi connectivity index (χ1) is 6.94. The Morgan fingerprint density at radius 3 is 2.67 bits per heavy atom. The van der Waals surface area contributed by atoms with E-state index in [1.54, 1.807) is 0 Å². The molecule has 1 heterocycles. The molecular weight excluding hydrogens is 256 g/mol. The van der Waals surface area contributed by atoms with Crippen molar-refractivity contribution in [2.24, 2.45) is 5.41 Å². The molecule has 0 saturated heterocycles. The lowest BCUT2D eigenvalue weighted by Crippen LogP contribution is -2.27. The molecule has 0 unspecified atom stereocenters. The summed E-state index contributed by atoms with van der Waals surface area (Å²) in [6, 6.07) is 3.89. The van der Waals surface area contributed by atoms with Crippen LogP contribution in [0.1, 0.15) is 19.5 Å². The van der Waals surface area contributed by atoms with Crippen LogP contribution in [-0.4, -0.2) is 23.2 Å². The maximum absolute atomic E-state index is 9.12. The molecule has 0 bridgehead atoms. The third-order valence-electron chi connectivity index (χ3n) is 2.24. The molecule has 0 aliphatic heterocycles. The van der Waals surface area contributed by atoms with Gasteiger partial charge in [0, 0.05) is 18.6 Å². The number of aryl methyl sites for hydroxylation is 1. The molecule has 0 fully saturated rings. The molecule has 3 nitrogen and oxygen atoms in total. The van der Waals surface area contributed by atoms with Crippen LogP contribution in [0.25, 0.3) is 0 Å². The minimum absolute atomic E-state index is 0.112. The van der Waals surface area contributed by atoms with E-state index < -0.39 is 0 Å². The van der Waals surface area contributed by atoms with Crippen LogP contribution >= 0.6 is 15.9 Å². The Balaban J connectivity index is 2.66. The fourth-order valence-electron chi connectivity index (χ4n) is 1.11. The number of hydrogen-bond donors (Lipinski definition) is 2. The van der Waals surface area contributed by atoms with Gasteiger partial charge in [-0.15, -0.1) is 0 Å². The van der Waals surface area contributed by atoms with Crippen LogP contribution in [0.4, 0.5) is 5.69 Å². The van der Waals surface area contributed by atoms with E-state index in [1.165, 1.54) is 0 Å². The van der Waals surface area contributed by atoms with E-state index >= 15 is 0 Å². The minimum atomic E-state index is -0.112. The highest BCUT2D eigenvalue weighted by Gasteiger charge is 2.16. The summed E-state index contributed by atoms with van der Waals surface area (Å²) in [6.45, 7) is 6.89. The summed E-state index contributed by atoms with van der Waals surface area (Å²) in [5.41, 5.74) is 1.86. The van der Waals surface area contributed by atoms with Gasteiger partial charge >= 0.3 is 0 Å². The average Bonchev–Trinajstić information content (AvgIpc) is 2.16. The third-order valence-corrected chi connectivity index (χ3v) is 2.68. The highest BCUT2D eigenvalue weighted by Crippen LogP contribution is 2.19. The minimum Gasteiger partial charge on any atom is -0.396 e. The van der Waals surface area contributed by atoms with Crippen molar-refractivity contribution in [3.63, 3.8) is 0 Å². The average molecular weight is 273 g/mol. The second-order valence-electron chi connectivity index (χ2n) is 4.44. The molecule has 0 radical (unpaired) electrons. The molecule has 4 heteroatoms. The molecule has 0 aliphatic rings. The van der Waals surface area contributed by atoms with Crippen LogP contribution < -0.4 is 5.32 Å². The number of pyridine rings is 1. The number of aliphatic hydroxyl groups excluding tert-OH is 1. The van der Waals surface area contributed by atoms with Crippen molar-refractivity contribution in [2.75, 3.05) is 18.5 Å². The fourth-order valence-corrected chi connectivity index (χ4v) is 1.51. The van der Waals surface area contributed by atoms with Gasteiger partial charge in [0.15, 0.2) is 0 Å². The SMILES string of the molecule is Cc1nc(Br)ccc1NCC(C)(C)CO. The topological polar surface area (TPSA) is 45.2 Å². The Morgan fingerprint density at radius 1 is 1.47 bits per heavy atom. The smallest absolute Gasteiger partial charge is 0.106 e. The summed E-state index contributed by atoms with van der Waals surface area (Å²) in [5.74, 6) is 0. The van der Waals surface area contributed by atoms with Crippen molar-refractivity contribution < 1.29 is 5.11 Å². The number of rotatable bonds is 4. The predicted octanol–water partition coefficient (Wildman–Crippen LogP) is 2.58. The molecule has 1 aromatic rings. The highest BCUT2D eigenvalue weighted by molar-refractivity contribution is 9.10. The maximum Gasteiger partial charge on any atom is 0.106 e. The number of nitrogens with zero attached hydrogens (tertiary/aromatic N) is 1. The second-order valence-corrected chi connectivity index (χ2v) is 5.26. The van der Waals surface area contributed by atoms with Gasteiger partial charge in [-0.05, 0) is 35.0 Å². The van der Waals surface area contributed by atoms with Crippen molar-refractivity contribution in [2.45, 2.75) is 20.8 Å². The van der Waals surface area contributed by atoms with E-state index in [9.17, 15) is 0 Å². The van der Waals surface area contributed by atoms with Gasteiger partial charge < -0.3 is 10.4 Å². The summed E-state index contributed by atoms with van der Waals surface area (Å²) in [6.07, 6.45) is 0. The number of halogens is 1. The van der Waals surface area contributed by atoms with Crippen LogP contribution in [0, 0.1) is 12.3 Å². The van der Waals surface area contributed by atoms with E-state index in [0.29, 0.717) is 0 Å². The highest BCUT2D eigenvalue weighted by atomic mass is 79.9. The van der Waals surface area contributed by atoms with E-state index in [1.807, 2.05) is 32.9 Å². The van der Waals surface area contributed by atoms with Gasteiger partial charge in [0.1, 0.15) is 4.60 Å². The first kappa shape index (κ1) is 12.5. The lowest BCUT2D eigenvalue weighted by atomic mass is 9.95. The standard InChI is InChI=1S/C11H17BrN2O/c1-8-9(4-5-10(12)14-8)13-6-11(2,3)7-15/h4-5,13,15H,6-7H2,1-3H3. The Hall–Kier alpha value is -0.610. The Kier molecular flexibility index (Phi) is 4.11. The Labute approximate surface area is 99.1 Å². The van der Waals surface area contributed by atoms with Gasteiger partial charge in [-0.3, -0.25) is 0 Å². The number of hydrogen-bond acceptors (Lipinski definition) is 3. The Morgan fingerprint density at radius 2 is 2.13 bits per heavy atom. The zero-order valence-corrected chi connectivity index (χ0v) is 10.9. The molecule has 0 aliphatic carbocycles. The summed E-state index contributed by atoms with van der Waals surface area (Å²) in [7, 11) is 0. The van der Waals surface area contributed by atoms with E-state index in [2.05, 4.69) is 26.2 Å².